The van der Waals surface area contributed by atoms with Crippen molar-refractivity contribution in [2.75, 3.05) is 0 Å². The van der Waals surface area contributed by atoms with Crippen molar-refractivity contribution in [2.45, 2.75) is 6.92 Å². The van der Waals surface area contributed by atoms with E-state index in [-0.39, 0.29) is 5.28 Å². The Morgan fingerprint density at radius 3 is 2.38 bits per heavy atom. The van der Waals surface area contributed by atoms with Crippen molar-refractivity contribution in [3.8, 4) is 11.6 Å². The van der Waals surface area contributed by atoms with E-state index in [1.807, 2.05) is 6.92 Å². The van der Waals surface area contributed by atoms with Gasteiger partial charge in [0, 0.05) is 16.8 Å². The lowest BCUT2D eigenvalue weighted by atomic mass is 10.3. The van der Waals surface area contributed by atoms with Crippen LogP contribution in [0.1, 0.15) is 5.69 Å². The first-order chi connectivity index (χ1) is 7.63. The number of halogens is 2. The van der Waals surface area contributed by atoms with Crippen LogP contribution in [0.25, 0.3) is 0 Å². The molecule has 16 heavy (non-hydrogen) atoms. The molecule has 5 heteroatoms. The van der Waals surface area contributed by atoms with Gasteiger partial charge >= 0.3 is 0 Å². The Hall–Kier alpha value is -1.32. The molecule has 0 aliphatic heterocycles. The maximum atomic E-state index is 5.76. The van der Waals surface area contributed by atoms with E-state index in [0.29, 0.717) is 16.7 Å². The molecule has 0 unspecified atom stereocenters. The number of hydrogen-bond acceptors (Lipinski definition) is 3. The van der Waals surface area contributed by atoms with Crippen LogP contribution in [0.2, 0.25) is 10.3 Å². The third kappa shape index (κ3) is 2.84. The number of hydrogen-bond donors (Lipinski definition) is 0. The van der Waals surface area contributed by atoms with Crippen LogP contribution in [0, 0.1) is 6.92 Å². The fraction of sp³-hybridized carbons (Fsp3) is 0.0909. The highest BCUT2D eigenvalue weighted by atomic mass is 35.5. The Labute approximate surface area is 103 Å². The Balaban J connectivity index is 2.23. The van der Waals surface area contributed by atoms with Crippen LogP contribution in [0.4, 0.5) is 0 Å². The van der Waals surface area contributed by atoms with Gasteiger partial charge in [-0.3, -0.25) is 0 Å². The fourth-order valence-electron chi connectivity index (χ4n) is 1.18. The number of nitrogens with zero attached hydrogens (tertiary/aromatic N) is 2. The summed E-state index contributed by atoms with van der Waals surface area (Å²) in [5.41, 5.74) is 0.754. The van der Waals surface area contributed by atoms with Gasteiger partial charge in [-0.2, -0.15) is 4.98 Å². The second-order valence-electron chi connectivity index (χ2n) is 3.17. The average molecular weight is 255 g/mol. The Bertz CT molecular complexity index is 480. The van der Waals surface area contributed by atoms with Gasteiger partial charge in [0.1, 0.15) is 5.75 Å². The molecule has 2 rings (SSSR count). The number of aryl methyl sites for hydroxylation is 1. The summed E-state index contributed by atoms with van der Waals surface area (Å²) >= 11 is 11.5. The average Bonchev–Trinajstić information content (AvgIpc) is 2.20. The van der Waals surface area contributed by atoms with Crippen LogP contribution in [-0.2, 0) is 0 Å². The highest BCUT2D eigenvalue weighted by Crippen LogP contribution is 2.22. The van der Waals surface area contributed by atoms with Gasteiger partial charge in [0.05, 0.1) is 0 Å². The predicted octanol–water partition coefficient (Wildman–Crippen LogP) is 3.88. The number of ether oxygens (including phenoxy) is 1. The Morgan fingerprint density at radius 1 is 1.06 bits per heavy atom. The standard InChI is InChI=1S/C11H8Cl2N2O/c1-7-6-10(15-11(13)14-7)16-9-4-2-8(12)3-5-9/h2-6H,1H3. The van der Waals surface area contributed by atoms with E-state index < -0.39 is 0 Å². The lowest BCUT2D eigenvalue weighted by Crippen LogP contribution is -1.92. The second-order valence-corrected chi connectivity index (χ2v) is 3.95. The van der Waals surface area contributed by atoms with Crippen molar-refractivity contribution in [3.63, 3.8) is 0 Å². The summed E-state index contributed by atoms with van der Waals surface area (Å²) in [6.07, 6.45) is 0. The van der Waals surface area contributed by atoms with E-state index in [2.05, 4.69) is 9.97 Å². The number of benzene rings is 1. The smallest absolute Gasteiger partial charge is 0.225 e. The van der Waals surface area contributed by atoms with Gasteiger partial charge in [-0.25, -0.2) is 4.98 Å². The normalized spacial score (nSPS) is 10.2. The fourth-order valence-corrected chi connectivity index (χ4v) is 1.52. The number of aromatic nitrogens is 2. The topological polar surface area (TPSA) is 35.0 Å². The highest BCUT2D eigenvalue weighted by molar-refractivity contribution is 6.30. The summed E-state index contributed by atoms with van der Waals surface area (Å²) in [6.45, 7) is 1.82. The van der Waals surface area contributed by atoms with Gasteiger partial charge in [-0.15, -0.1) is 0 Å². The zero-order valence-corrected chi connectivity index (χ0v) is 9.96. The molecule has 0 atom stereocenters. The van der Waals surface area contributed by atoms with Crippen molar-refractivity contribution in [1.82, 2.24) is 9.97 Å². The molecule has 0 saturated carbocycles. The lowest BCUT2D eigenvalue weighted by molar-refractivity contribution is 0.461. The Morgan fingerprint density at radius 2 is 1.75 bits per heavy atom. The van der Waals surface area contributed by atoms with E-state index in [0.717, 1.165) is 5.69 Å². The molecule has 1 heterocycles. The summed E-state index contributed by atoms with van der Waals surface area (Å²) in [7, 11) is 0. The largest absolute Gasteiger partial charge is 0.439 e. The van der Waals surface area contributed by atoms with E-state index >= 15 is 0 Å². The van der Waals surface area contributed by atoms with Gasteiger partial charge in [0.25, 0.3) is 0 Å². The molecule has 2 aromatic rings. The van der Waals surface area contributed by atoms with Crippen molar-refractivity contribution in [3.05, 3.63) is 46.3 Å². The zero-order chi connectivity index (χ0) is 11.5. The van der Waals surface area contributed by atoms with E-state index in [9.17, 15) is 0 Å². The molecule has 1 aromatic heterocycles. The first kappa shape index (κ1) is 11.2. The van der Waals surface area contributed by atoms with Crippen molar-refractivity contribution in [1.29, 1.82) is 0 Å². The minimum Gasteiger partial charge on any atom is -0.439 e. The first-order valence-electron chi connectivity index (χ1n) is 4.58. The first-order valence-corrected chi connectivity index (χ1v) is 5.34. The molecule has 1 aromatic carbocycles. The Kier molecular flexibility index (Phi) is 3.27. The molecular weight excluding hydrogens is 247 g/mol. The predicted molar refractivity (Wildman–Crippen MR) is 63.3 cm³/mol. The summed E-state index contributed by atoms with van der Waals surface area (Å²) < 4.78 is 5.50. The molecule has 0 fully saturated rings. The monoisotopic (exact) mass is 254 g/mol. The molecular formula is C11H8Cl2N2O. The van der Waals surface area contributed by atoms with Gasteiger partial charge < -0.3 is 4.74 Å². The molecule has 0 bridgehead atoms. The quantitative estimate of drug-likeness (QED) is 0.763. The maximum Gasteiger partial charge on any atom is 0.225 e. The molecule has 0 saturated heterocycles. The third-order valence-electron chi connectivity index (χ3n) is 1.84. The molecule has 82 valence electrons. The summed E-state index contributed by atoms with van der Waals surface area (Å²) in [5.74, 6) is 1.07. The third-order valence-corrected chi connectivity index (χ3v) is 2.26. The second kappa shape index (κ2) is 4.68. The van der Waals surface area contributed by atoms with E-state index in [1.54, 1.807) is 30.3 Å². The van der Waals surface area contributed by atoms with E-state index in [4.69, 9.17) is 27.9 Å². The van der Waals surface area contributed by atoms with Gasteiger partial charge in [0.2, 0.25) is 11.2 Å². The minimum absolute atomic E-state index is 0.170. The van der Waals surface area contributed by atoms with Crippen LogP contribution < -0.4 is 4.74 Å². The van der Waals surface area contributed by atoms with Gasteiger partial charge in [-0.1, -0.05) is 11.6 Å². The molecule has 0 N–H and O–H groups in total. The summed E-state index contributed by atoms with van der Waals surface area (Å²) in [6, 6.07) is 8.71. The molecule has 0 aliphatic rings. The summed E-state index contributed by atoms with van der Waals surface area (Å²) in [4.78, 5) is 7.89. The van der Waals surface area contributed by atoms with Crippen LogP contribution in [-0.4, -0.2) is 9.97 Å². The van der Waals surface area contributed by atoms with E-state index in [1.165, 1.54) is 0 Å². The zero-order valence-electron chi connectivity index (χ0n) is 8.45. The molecule has 0 amide bonds. The van der Waals surface area contributed by atoms with Crippen molar-refractivity contribution in [2.24, 2.45) is 0 Å². The van der Waals surface area contributed by atoms with Crippen LogP contribution in [0.5, 0.6) is 11.6 Å². The molecule has 3 nitrogen and oxygen atoms in total. The van der Waals surface area contributed by atoms with Crippen molar-refractivity contribution < 1.29 is 4.74 Å². The SMILES string of the molecule is Cc1cc(Oc2ccc(Cl)cc2)nc(Cl)n1. The van der Waals surface area contributed by atoms with Gasteiger partial charge in [-0.05, 0) is 42.8 Å². The van der Waals surface area contributed by atoms with Crippen LogP contribution >= 0.6 is 23.2 Å². The molecule has 0 spiro atoms. The van der Waals surface area contributed by atoms with Gasteiger partial charge in [0.15, 0.2) is 0 Å². The lowest BCUT2D eigenvalue weighted by Gasteiger charge is -2.05. The van der Waals surface area contributed by atoms with Crippen LogP contribution in [0.3, 0.4) is 0 Å². The number of rotatable bonds is 2. The highest BCUT2D eigenvalue weighted by Gasteiger charge is 2.02. The van der Waals surface area contributed by atoms with Crippen LogP contribution in [0.15, 0.2) is 30.3 Å². The summed E-state index contributed by atoms with van der Waals surface area (Å²) in [5, 5.41) is 0.827. The molecule has 0 radical (unpaired) electrons. The van der Waals surface area contributed by atoms with Crippen molar-refractivity contribution >= 4 is 23.2 Å². The minimum atomic E-state index is 0.170. The molecule has 0 aliphatic carbocycles. The maximum absolute atomic E-state index is 5.76.